The molecule has 13 heteroatoms. The van der Waals surface area contributed by atoms with Crippen molar-refractivity contribution < 1.29 is 35.3 Å². The highest BCUT2D eigenvalue weighted by atomic mass is 32.2. The number of rotatable bonds is 8. The van der Waals surface area contributed by atoms with Crippen molar-refractivity contribution in [2.75, 3.05) is 0 Å². The van der Waals surface area contributed by atoms with Crippen molar-refractivity contribution in [3.8, 4) is 11.4 Å². The van der Waals surface area contributed by atoms with E-state index in [1.807, 2.05) is 0 Å². The smallest absolute Gasteiger partial charge is 0.368 e. The second kappa shape index (κ2) is 8.72. The van der Waals surface area contributed by atoms with Gasteiger partial charge in [-0.25, -0.2) is 12.8 Å². The first-order chi connectivity index (χ1) is 16.3. The predicted molar refractivity (Wildman–Crippen MR) is 114 cm³/mol. The zero-order valence-corrected chi connectivity index (χ0v) is 19.1. The second-order valence-electron chi connectivity index (χ2n) is 8.39. The Kier molecular flexibility index (Phi) is 6.18. The molecule has 1 fully saturated rings. The van der Waals surface area contributed by atoms with Crippen LogP contribution in [0.2, 0.25) is 0 Å². The molecule has 8 nitrogen and oxygen atoms in total. The number of nitrogens with two attached hydrogens (primary N) is 1. The number of amides is 1. The molecule has 0 aliphatic heterocycles. The average molecular weight is 512 g/mol. The maximum absolute atomic E-state index is 15.0. The fraction of sp³-hybridized carbons (Fsp3) is 0.318. The Morgan fingerprint density at radius 1 is 1.23 bits per heavy atom. The van der Waals surface area contributed by atoms with E-state index in [-0.39, 0.29) is 21.8 Å². The van der Waals surface area contributed by atoms with Gasteiger partial charge < -0.3 is 10.3 Å². The van der Waals surface area contributed by atoms with Crippen molar-refractivity contribution in [1.82, 2.24) is 14.4 Å². The van der Waals surface area contributed by atoms with Gasteiger partial charge in [-0.1, -0.05) is 35.0 Å². The number of carbonyl (C=O) groups excluding carboxylic acids is 1. The van der Waals surface area contributed by atoms with E-state index < -0.39 is 58.8 Å². The van der Waals surface area contributed by atoms with Gasteiger partial charge in [0.05, 0.1) is 4.90 Å². The molecular formula is C22H20F4N4O4S. The largest absolute Gasteiger partial charge is 0.389 e. The third-order valence-corrected chi connectivity index (χ3v) is 7.92. The van der Waals surface area contributed by atoms with Gasteiger partial charge in [-0.15, -0.1) is 0 Å². The first-order valence-electron chi connectivity index (χ1n) is 10.4. The van der Waals surface area contributed by atoms with E-state index in [0.29, 0.717) is 4.31 Å². The monoisotopic (exact) mass is 512 g/mol. The minimum atomic E-state index is -4.65. The number of primary amides is 1. The van der Waals surface area contributed by atoms with Crippen LogP contribution >= 0.6 is 0 Å². The fourth-order valence-electron chi connectivity index (χ4n) is 4.11. The number of carbonyl (C=O) groups is 1. The Balaban J connectivity index is 1.78. The summed E-state index contributed by atoms with van der Waals surface area (Å²) in [4.78, 5) is 16.0. The van der Waals surface area contributed by atoms with Crippen molar-refractivity contribution in [1.29, 1.82) is 0 Å². The topological polar surface area (TPSA) is 119 Å². The molecule has 4 rings (SSSR count). The molecule has 186 valence electrons. The predicted octanol–water partition coefficient (Wildman–Crippen LogP) is 3.57. The van der Waals surface area contributed by atoms with Gasteiger partial charge in [0.15, 0.2) is 0 Å². The van der Waals surface area contributed by atoms with E-state index in [1.54, 1.807) is 6.92 Å². The van der Waals surface area contributed by atoms with Crippen molar-refractivity contribution in [2.45, 2.75) is 42.9 Å². The number of nitrogens with zero attached hydrogens (tertiary/aromatic N) is 3. The van der Waals surface area contributed by atoms with Gasteiger partial charge in [0.1, 0.15) is 11.4 Å². The summed E-state index contributed by atoms with van der Waals surface area (Å²) < 4.78 is 86.9. The summed E-state index contributed by atoms with van der Waals surface area (Å²) in [5.41, 5.74) is 4.13. The molecule has 35 heavy (non-hydrogen) atoms. The molecule has 0 radical (unpaired) electrons. The van der Waals surface area contributed by atoms with Crippen molar-refractivity contribution in [3.05, 3.63) is 65.8 Å². The van der Waals surface area contributed by atoms with E-state index in [9.17, 15) is 26.4 Å². The summed E-state index contributed by atoms with van der Waals surface area (Å²) in [5, 5.41) is 3.59. The Morgan fingerprint density at radius 2 is 1.91 bits per heavy atom. The van der Waals surface area contributed by atoms with Crippen LogP contribution in [-0.2, 0) is 21.4 Å². The molecule has 2 aromatic carbocycles. The maximum atomic E-state index is 15.0. The standard InChI is InChI=1S/C22H20F4N4O4S/c1-13-2-6-17(7-3-13)35(32,33)30(21(20(27)31)9-16(21)10-22(24,25)26)11-15-5-4-14(8-18(15)23)19-28-12-34-29-19/h2-8,12,16H,9-11H2,1H3,(H2,27,31). The first-order valence-corrected chi connectivity index (χ1v) is 11.8. The summed E-state index contributed by atoms with van der Waals surface area (Å²) >= 11 is 0. The number of benzene rings is 2. The van der Waals surface area contributed by atoms with Crippen LogP contribution in [0, 0.1) is 18.7 Å². The normalized spacial score (nSPS) is 20.2. The molecule has 2 atom stereocenters. The number of hydrogen-bond donors (Lipinski definition) is 1. The van der Waals surface area contributed by atoms with Gasteiger partial charge >= 0.3 is 6.18 Å². The highest BCUT2D eigenvalue weighted by Gasteiger charge is 2.68. The minimum Gasteiger partial charge on any atom is -0.368 e. The fourth-order valence-corrected chi connectivity index (χ4v) is 5.90. The van der Waals surface area contributed by atoms with Gasteiger partial charge in [0, 0.05) is 24.1 Å². The van der Waals surface area contributed by atoms with E-state index in [4.69, 9.17) is 5.73 Å². The lowest BCUT2D eigenvalue weighted by Gasteiger charge is -2.30. The van der Waals surface area contributed by atoms with Crippen LogP contribution in [0.1, 0.15) is 24.0 Å². The van der Waals surface area contributed by atoms with Crippen molar-refractivity contribution in [2.24, 2.45) is 11.7 Å². The van der Waals surface area contributed by atoms with Crippen LogP contribution in [0.15, 0.2) is 58.3 Å². The molecule has 2 unspecified atom stereocenters. The summed E-state index contributed by atoms with van der Waals surface area (Å²) in [6, 6.07) is 9.22. The summed E-state index contributed by atoms with van der Waals surface area (Å²) in [5.74, 6) is -3.42. The van der Waals surface area contributed by atoms with E-state index in [0.717, 1.165) is 18.0 Å². The number of aryl methyl sites for hydroxylation is 1. The molecule has 2 N–H and O–H groups in total. The van der Waals surface area contributed by atoms with Gasteiger partial charge in [-0.2, -0.15) is 22.5 Å². The first kappa shape index (κ1) is 24.8. The number of aromatic nitrogens is 2. The molecule has 1 aromatic heterocycles. The maximum Gasteiger partial charge on any atom is 0.389 e. The molecule has 1 amide bonds. The second-order valence-corrected chi connectivity index (χ2v) is 10.3. The summed E-state index contributed by atoms with van der Waals surface area (Å²) in [6.45, 7) is 1.01. The van der Waals surface area contributed by atoms with E-state index in [2.05, 4.69) is 14.7 Å². The molecule has 1 aliphatic carbocycles. The SMILES string of the molecule is Cc1ccc(S(=O)(=O)N(Cc2ccc(-c3ncon3)cc2F)C2(C(N)=O)CC2CC(F)(F)F)cc1. The van der Waals surface area contributed by atoms with Gasteiger partial charge in [0.2, 0.25) is 28.1 Å². The van der Waals surface area contributed by atoms with Gasteiger partial charge in [0.25, 0.3) is 0 Å². The Hall–Kier alpha value is -3.32. The quantitative estimate of drug-likeness (QED) is 0.461. The van der Waals surface area contributed by atoms with Gasteiger partial charge in [-0.05, 0) is 37.5 Å². The zero-order valence-electron chi connectivity index (χ0n) is 18.3. The molecule has 1 aliphatic rings. The van der Waals surface area contributed by atoms with E-state index in [1.165, 1.54) is 36.4 Å². The molecule has 0 saturated heterocycles. The van der Waals surface area contributed by atoms with Crippen molar-refractivity contribution in [3.63, 3.8) is 0 Å². The Bertz CT molecular complexity index is 1340. The lowest BCUT2D eigenvalue weighted by atomic mass is 10.1. The van der Waals surface area contributed by atoms with Crippen LogP contribution < -0.4 is 5.73 Å². The van der Waals surface area contributed by atoms with Crippen LogP contribution in [0.5, 0.6) is 0 Å². The number of hydrogen-bond acceptors (Lipinski definition) is 6. The molecule has 1 heterocycles. The number of halogens is 4. The van der Waals surface area contributed by atoms with Crippen LogP contribution in [-0.4, -0.2) is 40.5 Å². The Morgan fingerprint density at radius 3 is 2.46 bits per heavy atom. The molecular weight excluding hydrogens is 492 g/mol. The van der Waals surface area contributed by atoms with Gasteiger partial charge in [-0.3, -0.25) is 4.79 Å². The molecule has 3 aromatic rings. The summed E-state index contributed by atoms with van der Waals surface area (Å²) in [7, 11) is -4.56. The van der Waals surface area contributed by atoms with Crippen LogP contribution in [0.3, 0.4) is 0 Å². The summed E-state index contributed by atoms with van der Waals surface area (Å²) in [6.07, 6.45) is -5.45. The third-order valence-electron chi connectivity index (χ3n) is 6.02. The molecule has 0 spiro atoms. The number of sulfonamides is 1. The highest BCUT2D eigenvalue weighted by Crippen LogP contribution is 2.55. The Labute approximate surface area is 197 Å². The van der Waals surface area contributed by atoms with Crippen LogP contribution in [0.25, 0.3) is 11.4 Å². The van der Waals surface area contributed by atoms with Crippen LogP contribution in [0.4, 0.5) is 17.6 Å². The lowest BCUT2D eigenvalue weighted by molar-refractivity contribution is -0.142. The molecule has 1 saturated carbocycles. The van der Waals surface area contributed by atoms with Crippen molar-refractivity contribution >= 4 is 15.9 Å². The lowest BCUT2D eigenvalue weighted by Crippen LogP contribution is -2.51. The third kappa shape index (κ3) is 4.78. The molecule has 0 bridgehead atoms. The average Bonchev–Trinajstić information content (AvgIpc) is 3.19. The number of alkyl halides is 3. The highest BCUT2D eigenvalue weighted by molar-refractivity contribution is 7.89. The zero-order chi connectivity index (χ0) is 25.6. The minimum absolute atomic E-state index is 0.0839. The van der Waals surface area contributed by atoms with E-state index >= 15 is 4.39 Å².